The molecule has 2 aromatic carbocycles. The third kappa shape index (κ3) is 1.47. The Bertz CT molecular complexity index is 908. The number of rotatable bonds is 1. The van der Waals surface area contributed by atoms with Crippen LogP contribution in [0.4, 0.5) is 5.69 Å². The summed E-state index contributed by atoms with van der Waals surface area (Å²) in [5, 5.41) is 1.93. The van der Waals surface area contributed by atoms with E-state index in [0.29, 0.717) is 5.69 Å². The largest absolute Gasteiger partial charge is 0.359 e. The number of ether oxygens (including phenoxy) is 1. The molecule has 2 amide bonds. The van der Waals surface area contributed by atoms with Crippen LogP contribution in [-0.4, -0.2) is 23.0 Å². The molecule has 3 heterocycles. The zero-order valence-corrected chi connectivity index (χ0v) is 13.5. The van der Waals surface area contributed by atoms with Crippen molar-refractivity contribution in [2.24, 2.45) is 11.8 Å². The molecular formula is C20H17NO3. The lowest BCUT2D eigenvalue weighted by molar-refractivity contribution is -0.128. The van der Waals surface area contributed by atoms with Crippen molar-refractivity contribution in [3.63, 3.8) is 0 Å². The molecule has 0 radical (unpaired) electrons. The molecule has 0 spiro atoms. The van der Waals surface area contributed by atoms with E-state index in [1.165, 1.54) is 4.90 Å². The van der Waals surface area contributed by atoms with Crippen molar-refractivity contribution >= 4 is 28.3 Å². The normalized spacial score (nSPS) is 36.8. The number of carbonyl (C=O) groups excluding carboxylic acids is 2. The van der Waals surface area contributed by atoms with Crippen molar-refractivity contribution in [1.82, 2.24) is 0 Å². The molecule has 3 aliphatic rings. The number of nitrogens with zero attached hydrogens (tertiary/aromatic N) is 1. The van der Waals surface area contributed by atoms with Crippen LogP contribution < -0.4 is 4.90 Å². The van der Waals surface area contributed by atoms with Crippen molar-refractivity contribution in [1.29, 1.82) is 0 Å². The Kier molecular flexibility index (Phi) is 2.40. The molecule has 0 N–H and O–H groups in total. The second-order valence-corrected chi connectivity index (χ2v) is 7.27. The molecule has 4 nitrogen and oxygen atoms in total. The molecule has 0 saturated carbocycles. The Morgan fingerprint density at radius 3 is 2.12 bits per heavy atom. The van der Waals surface area contributed by atoms with Gasteiger partial charge in [-0.15, -0.1) is 0 Å². The van der Waals surface area contributed by atoms with Gasteiger partial charge in [-0.3, -0.25) is 9.59 Å². The van der Waals surface area contributed by atoms with E-state index in [-0.39, 0.29) is 11.8 Å². The van der Waals surface area contributed by atoms with Crippen molar-refractivity contribution in [2.75, 3.05) is 4.90 Å². The van der Waals surface area contributed by atoms with Gasteiger partial charge in [-0.2, -0.15) is 0 Å². The van der Waals surface area contributed by atoms with Crippen LogP contribution in [0.15, 0.2) is 54.6 Å². The summed E-state index contributed by atoms with van der Waals surface area (Å²) in [6.07, 6.45) is 3.87. The van der Waals surface area contributed by atoms with Gasteiger partial charge < -0.3 is 4.74 Å². The van der Waals surface area contributed by atoms with E-state index >= 15 is 0 Å². The lowest BCUT2D eigenvalue weighted by atomic mass is 9.73. The molecular weight excluding hydrogens is 302 g/mol. The first-order valence-electron chi connectivity index (χ1n) is 8.21. The van der Waals surface area contributed by atoms with Crippen molar-refractivity contribution in [3.8, 4) is 0 Å². The molecule has 0 unspecified atom stereocenters. The first kappa shape index (κ1) is 13.9. The molecule has 0 aliphatic carbocycles. The summed E-state index contributed by atoms with van der Waals surface area (Å²) < 4.78 is 6.05. The summed E-state index contributed by atoms with van der Waals surface area (Å²) in [4.78, 5) is 27.7. The van der Waals surface area contributed by atoms with E-state index in [1.54, 1.807) is 0 Å². The Balaban J connectivity index is 1.69. The van der Waals surface area contributed by atoms with Crippen LogP contribution in [0.5, 0.6) is 0 Å². The predicted molar refractivity (Wildman–Crippen MR) is 90.5 cm³/mol. The van der Waals surface area contributed by atoms with Crippen molar-refractivity contribution in [2.45, 2.75) is 25.0 Å². The first-order chi connectivity index (χ1) is 11.4. The number of fused-ring (bicyclic) bond motifs is 6. The minimum Gasteiger partial charge on any atom is -0.359 e. The molecule has 4 heteroatoms. The van der Waals surface area contributed by atoms with E-state index in [9.17, 15) is 9.59 Å². The number of benzene rings is 2. The summed E-state index contributed by atoms with van der Waals surface area (Å²) in [6.45, 7) is 3.80. The molecule has 120 valence electrons. The van der Waals surface area contributed by atoms with Crippen LogP contribution in [0.2, 0.25) is 0 Å². The third-order valence-electron chi connectivity index (χ3n) is 5.73. The third-order valence-corrected chi connectivity index (χ3v) is 5.73. The summed E-state index contributed by atoms with van der Waals surface area (Å²) in [7, 11) is 0. The Morgan fingerprint density at radius 2 is 1.46 bits per heavy atom. The zero-order valence-electron chi connectivity index (χ0n) is 13.5. The van der Waals surface area contributed by atoms with Crippen LogP contribution in [-0.2, 0) is 14.3 Å². The quantitative estimate of drug-likeness (QED) is 0.599. The average molecular weight is 319 g/mol. The Morgan fingerprint density at radius 1 is 0.875 bits per heavy atom. The fourth-order valence-corrected chi connectivity index (χ4v) is 4.67. The standard InChI is InChI=1S/C20H17NO3/c1-19-10-11-20(2,24-19)16-15(19)17(22)21(18(16)23)14-9-5-7-12-6-3-4-8-13(12)14/h3-11,15-16H,1-2H3/t15-,16-,19-,20+/m1/s1. The summed E-state index contributed by atoms with van der Waals surface area (Å²) in [6, 6.07) is 13.5. The highest BCUT2D eigenvalue weighted by Crippen LogP contribution is 2.57. The number of amides is 2. The topological polar surface area (TPSA) is 46.6 Å². The maximum absolute atomic E-state index is 13.2. The molecule has 2 aromatic rings. The van der Waals surface area contributed by atoms with Gasteiger partial charge in [-0.05, 0) is 25.3 Å². The van der Waals surface area contributed by atoms with Gasteiger partial charge in [0.15, 0.2) is 0 Å². The van der Waals surface area contributed by atoms with Crippen LogP contribution in [0.25, 0.3) is 10.8 Å². The molecule has 2 bridgehead atoms. The van der Waals surface area contributed by atoms with E-state index in [4.69, 9.17) is 4.74 Å². The van der Waals surface area contributed by atoms with Gasteiger partial charge in [0.2, 0.25) is 11.8 Å². The highest BCUT2D eigenvalue weighted by atomic mass is 16.5. The highest BCUT2D eigenvalue weighted by molar-refractivity contribution is 6.26. The molecule has 0 aromatic heterocycles. The number of hydrogen-bond donors (Lipinski definition) is 0. The lowest BCUT2D eigenvalue weighted by Crippen LogP contribution is -2.39. The van der Waals surface area contributed by atoms with E-state index in [1.807, 2.05) is 68.5 Å². The van der Waals surface area contributed by atoms with Gasteiger partial charge in [0.05, 0.1) is 28.7 Å². The van der Waals surface area contributed by atoms with Gasteiger partial charge in [-0.25, -0.2) is 4.90 Å². The average Bonchev–Trinajstić information content (AvgIpc) is 3.11. The molecule has 24 heavy (non-hydrogen) atoms. The van der Waals surface area contributed by atoms with Gasteiger partial charge in [0, 0.05) is 5.39 Å². The second-order valence-electron chi connectivity index (χ2n) is 7.27. The zero-order chi connectivity index (χ0) is 16.7. The SMILES string of the molecule is C[C@]12C=C[C@](C)(O1)[C@H]1C(=O)N(c3cccc4ccccc34)C(=O)[C@@H]12. The molecule has 4 atom stereocenters. The van der Waals surface area contributed by atoms with E-state index in [2.05, 4.69) is 0 Å². The van der Waals surface area contributed by atoms with Gasteiger partial charge in [0.1, 0.15) is 0 Å². The number of hydrogen-bond acceptors (Lipinski definition) is 3. The molecule has 2 saturated heterocycles. The summed E-state index contributed by atoms with van der Waals surface area (Å²) in [5.41, 5.74) is -0.708. The van der Waals surface area contributed by atoms with Crippen LogP contribution in [0.1, 0.15) is 13.8 Å². The summed E-state index contributed by atoms with van der Waals surface area (Å²) in [5.74, 6) is -1.20. The predicted octanol–water partition coefficient (Wildman–Crippen LogP) is 3.06. The fourth-order valence-electron chi connectivity index (χ4n) is 4.67. The van der Waals surface area contributed by atoms with Gasteiger partial charge in [0.25, 0.3) is 0 Å². The number of carbonyl (C=O) groups is 2. The van der Waals surface area contributed by atoms with Crippen LogP contribution in [0, 0.1) is 11.8 Å². The number of imide groups is 1. The van der Waals surface area contributed by atoms with E-state index in [0.717, 1.165) is 10.8 Å². The molecule has 5 rings (SSSR count). The smallest absolute Gasteiger partial charge is 0.241 e. The van der Waals surface area contributed by atoms with Crippen molar-refractivity contribution < 1.29 is 14.3 Å². The monoisotopic (exact) mass is 319 g/mol. The maximum atomic E-state index is 13.2. The van der Waals surface area contributed by atoms with Crippen molar-refractivity contribution in [3.05, 3.63) is 54.6 Å². The fraction of sp³-hybridized carbons (Fsp3) is 0.300. The summed E-state index contributed by atoms with van der Waals surface area (Å²) >= 11 is 0. The van der Waals surface area contributed by atoms with Crippen LogP contribution >= 0.6 is 0 Å². The van der Waals surface area contributed by atoms with Gasteiger partial charge >= 0.3 is 0 Å². The van der Waals surface area contributed by atoms with Crippen LogP contribution in [0.3, 0.4) is 0 Å². The molecule has 3 aliphatic heterocycles. The number of anilines is 1. The van der Waals surface area contributed by atoms with Gasteiger partial charge in [-0.1, -0.05) is 48.6 Å². The molecule has 2 fully saturated rings. The highest BCUT2D eigenvalue weighted by Gasteiger charge is 2.70. The Labute approximate surface area is 139 Å². The lowest BCUT2D eigenvalue weighted by Gasteiger charge is -2.26. The maximum Gasteiger partial charge on any atom is 0.241 e. The first-order valence-corrected chi connectivity index (χ1v) is 8.21. The minimum atomic E-state index is -0.689. The second kappa shape index (κ2) is 4.14. The van der Waals surface area contributed by atoms with E-state index < -0.39 is 23.0 Å². The minimum absolute atomic E-state index is 0.156. The Hall–Kier alpha value is -2.46.